The summed E-state index contributed by atoms with van der Waals surface area (Å²) in [4.78, 5) is 0. The van der Waals surface area contributed by atoms with Crippen LogP contribution in [0, 0.1) is 0 Å². The molecule has 0 saturated carbocycles. The molecular weight excluding hydrogens is 196 g/mol. The normalized spacial score (nSPS) is 22.6. The fraction of sp³-hybridized carbons (Fsp3) is 0.600. The summed E-state index contributed by atoms with van der Waals surface area (Å²) in [6.45, 7) is 4.58. The monoisotopic (exact) mass is 216 g/mol. The van der Waals surface area contributed by atoms with Crippen molar-refractivity contribution in [2.45, 2.75) is 58.0 Å². The summed E-state index contributed by atoms with van der Waals surface area (Å²) in [7, 11) is 0. The second-order valence-corrected chi connectivity index (χ2v) is 5.56. The zero-order chi connectivity index (χ0) is 11.3. The molecule has 3 rings (SSSR count). The first-order valence-electron chi connectivity index (χ1n) is 6.54. The molecule has 2 aliphatic carbocycles. The zero-order valence-electron chi connectivity index (χ0n) is 10.2. The van der Waals surface area contributed by atoms with E-state index in [1.165, 1.54) is 36.0 Å². The Labute approximate surface area is 97.5 Å². The summed E-state index contributed by atoms with van der Waals surface area (Å²) < 4.78 is 0. The molecule has 0 fully saturated rings. The van der Waals surface area contributed by atoms with E-state index in [1.54, 1.807) is 11.1 Å². The molecule has 1 unspecified atom stereocenters. The second kappa shape index (κ2) is 3.59. The van der Waals surface area contributed by atoms with Crippen LogP contribution in [-0.2, 0) is 19.3 Å². The van der Waals surface area contributed by atoms with Crippen molar-refractivity contribution in [1.82, 2.24) is 0 Å². The van der Waals surface area contributed by atoms with E-state index in [4.69, 9.17) is 0 Å². The van der Waals surface area contributed by atoms with Crippen LogP contribution in [0.3, 0.4) is 0 Å². The number of fused-ring (bicyclic) bond motifs is 2. The van der Waals surface area contributed by atoms with Crippen molar-refractivity contribution in [3.05, 3.63) is 33.9 Å². The fourth-order valence-corrected chi connectivity index (χ4v) is 3.56. The maximum atomic E-state index is 10.0. The molecule has 1 atom stereocenters. The maximum Gasteiger partial charge on any atom is 0.0796 e. The molecule has 0 radical (unpaired) electrons. The van der Waals surface area contributed by atoms with Gasteiger partial charge in [0.15, 0.2) is 0 Å². The van der Waals surface area contributed by atoms with Crippen LogP contribution in [0.15, 0.2) is 6.07 Å². The van der Waals surface area contributed by atoms with Gasteiger partial charge in [-0.15, -0.1) is 0 Å². The Balaban J connectivity index is 2.25. The van der Waals surface area contributed by atoms with Crippen LogP contribution >= 0.6 is 0 Å². The van der Waals surface area contributed by atoms with E-state index in [1.807, 2.05) is 0 Å². The van der Waals surface area contributed by atoms with Gasteiger partial charge in [0.1, 0.15) is 0 Å². The third kappa shape index (κ3) is 1.34. The minimum absolute atomic E-state index is 0.196. The summed E-state index contributed by atoms with van der Waals surface area (Å²) >= 11 is 0. The average molecular weight is 216 g/mol. The van der Waals surface area contributed by atoms with Gasteiger partial charge in [-0.25, -0.2) is 0 Å². The minimum Gasteiger partial charge on any atom is -0.388 e. The molecule has 86 valence electrons. The predicted molar refractivity (Wildman–Crippen MR) is 65.8 cm³/mol. The van der Waals surface area contributed by atoms with E-state index < -0.39 is 0 Å². The van der Waals surface area contributed by atoms with Crippen molar-refractivity contribution in [3.63, 3.8) is 0 Å². The van der Waals surface area contributed by atoms with E-state index >= 15 is 0 Å². The molecule has 0 bridgehead atoms. The largest absolute Gasteiger partial charge is 0.388 e. The van der Waals surface area contributed by atoms with Gasteiger partial charge in [-0.1, -0.05) is 19.9 Å². The Kier molecular flexibility index (Phi) is 2.32. The van der Waals surface area contributed by atoms with E-state index in [0.29, 0.717) is 5.92 Å². The molecule has 1 aromatic carbocycles. The first kappa shape index (κ1) is 10.3. The Hall–Kier alpha value is -0.820. The molecular formula is C15H20O. The van der Waals surface area contributed by atoms with E-state index in [2.05, 4.69) is 19.9 Å². The highest BCUT2D eigenvalue weighted by atomic mass is 16.3. The molecule has 1 nitrogen and oxygen atoms in total. The molecule has 0 aliphatic heterocycles. The lowest BCUT2D eigenvalue weighted by molar-refractivity contribution is 0.180. The third-order valence-corrected chi connectivity index (χ3v) is 4.19. The van der Waals surface area contributed by atoms with E-state index in [9.17, 15) is 5.11 Å². The summed E-state index contributed by atoms with van der Waals surface area (Å²) in [6, 6.07) is 2.29. The molecule has 0 saturated heterocycles. The zero-order valence-corrected chi connectivity index (χ0v) is 10.2. The van der Waals surface area contributed by atoms with Crippen molar-refractivity contribution in [2.75, 3.05) is 0 Å². The summed E-state index contributed by atoms with van der Waals surface area (Å²) in [5, 5.41) is 10.0. The van der Waals surface area contributed by atoms with Gasteiger partial charge in [-0.05, 0) is 65.8 Å². The highest BCUT2D eigenvalue weighted by molar-refractivity contribution is 5.52. The van der Waals surface area contributed by atoms with Gasteiger partial charge in [-0.2, -0.15) is 0 Å². The quantitative estimate of drug-likeness (QED) is 0.764. The van der Waals surface area contributed by atoms with Crippen LogP contribution in [0.2, 0.25) is 0 Å². The van der Waals surface area contributed by atoms with Crippen LogP contribution < -0.4 is 0 Å². The predicted octanol–water partition coefficient (Wildman–Crippen LogP) is 3.28. The Morgan fingerprint density at radius 1 is 1.19 bits per heavy atom. The highest BCUT2D eigenvalue weighted by Gasteiger charge is 2.29. The van der Waals surface area contributed by atoms with Crippen molar-refractivity contribution in [3.8, 4) is 0 Å². The number of hydrogen-bond donors (Lipinski definition) is 1. The lowest BCUT2D eigenvalue weighted by atomic mass is 9.87. The number of aliphatic hydroxyl groups is 1. The molecule has 1 aromatic rings. The van der Waals surface area contributed by atoms with Crippen molar-refractivity contribution >= 4 is 0 Å². The smallest absolute Gasteiger partial charge is 0.0796 e. The van der Waals surface area contributed by atoms with Crippen LogP contribution in [0.4, 0.5) is 0 Å². The lowest BCUT2D eigenvalue weighted by Crippen LogP contribution is -2.03. The molecule has 0 amide bonds. The molecule has 0 spiro atoms. The Morgan fingerprint density at radius 2 is 2.00 bits per heavy atom. The van der Waals surface area contributed by atoms with Crippen LogP contribution in [0.25, 0.3) is 0 Å². The van der Waals surface area contributed by atoms with Crippen LogP contribution in [0.1, 0.15) is 66.5 Å². The van der Waals surface area contributed by atoms with Crippen LogP contribution in [-0.4, -0.2) is 5.11 Å². The SMILES string of the molecule is CC(C)c1c2c(cc3c1CCC3O)CCC2. The fourth-order valence-electron chi connectivity index (χ4n) is 3.56. The standard InChI is InChI=1S/C15H20O/c1-9(2)15-11-5-3-4-10(11)8-13-12(15)6-7-14(13)16/h8-9,14,16H,3-7H2,1-2H3. The molecule has 1 heteroatoms. The highest BCUT2D eigenvalue weighted by Crippen LogP contribution is 2.41. The number of aryl methyl sites for hydroxylation is 1. The molecule has 16 heavy (non-hydrogen) atoms. The van der Waals surface area contributed by atoms with Gasteiger partial charge in [0.25, 0.3) is 0 Å². The topological polar surface area (TPSA) is 20.2 Å². The Morgan fingerprint density at radius 3 is 2.75 bits per heavy atom. The van der Waals surface area contributed by atoms with Gasteiger partial charge in [0, 0.05) is 0 Å². The molecule has 2 aliphatic rings. The molecule has 0 heterocycles. The summed E-state index contributed by atoms with van der Waals surface area (Å²) in [5.74, 6) is 0.604. The first-order chi connectivity index (χ1) is 7.68. The first-order valence-corrected chi connectivity index (χ1v) is 6.54. The Bertz CT molecular complexity index is 432. The van der Waals surface area contributed by atoms with Crippen molar-refractivity contribution in [2.24, 2.45) is 0 Å². The molecule has 1 N–H and O–H groups in total. The number of rotatable bonds is 1. The van der Waals surface area contributed by atoms with Crippen LogP contribution in [0.5, 0.6) is 0 Å². The van der Waals surface area contributed by atoms with Gasteiger partial charge in [-0.3, -0.25) is 0 Å². The van der Waals surface area contributed by atoms with Gasteiger partial charge in [0.05, 0.1) is 6.10 Å². The van der Waals surface area contributed by atoms with Crippen molar-refractivity contribution in [1.29, 1.82) is 0 Å². The summed E-state index contributed by atoms with van der Waals surface area (Å²) in [5.41, 5.74) is 7.42. The number of hydrogen-bond acceptors (Lipinski definition) is 1. The summed E-state index contributed by atoms with van der Waals surface area (Å²) in [6.07, 6.45) is 5.59. The number of aliphatic hydroxyl groups excluding tert-OH is 1. The van der Waals surface area contributed by atoms with Gasteiger partial charge < -0.3 is 5.11 Å². The van der Waals surface area contributed by atoms with Crippen molar-refractivity contribution < 1.29 is 5.11 Å². The minimum atomic E-state index is -0.196. The van der Waals surface area contributed by atoms with E-state index in [-0.39, 0.29) is 6.10 Å². The average Bonchev–Trinajstić information content (AvgIpc) is 2.82. The van der Waals surface area contributed by atoms with E-state index in [0.717, 1.165) is 12.8 Å². The van der Waals surface area contributed by atoms with Gasteiger partial charge in [0.2, 0.25) is 0 Å². The molecule has 0 aromatic heterocycles. The third-order valence-electron chi connectivity index (χ3n) is 4.19. The number of benzene rings is 1. The van der Waals surface area contributed by atoms with Gasteiger partial charge >= 0.3 is 0 Å². The lowest BCUT2D eigenvalue weighted by Gasteiger charge is -2.18. The maximum absolute atomic E-state index is 10.0. The second-order valence-electron chi connectivity index (χ2n) is 5.56.